The number of benzene rings is 1. The fourth-order valence-electron chi connectivity index (χ4n) is 1.13. The van der Waals surface area contributed by atoms with Crippen LogP contribution in [0.25, 0.3) is 0 Å². The van der Waals surface area contributed by atoms with Gasteiger partial charge in [0.15, 0.2) is 5.11 Å². The van der Waals surface area contributed by atoms with Gasteiger partial charge in [0.2, 0.25) is 0 Å². The molecule has 2 nitrogen and oxygen atoms in total. The highest BCUT2D eigenvalue weighted by atomic mass is 79.9. The summed E-state index contributed by atoms with van der Waals surface area (Å²) in [7, 11) is 0. The molecule has 4 heteroatoms. The molecule has 0 atom stereocenters. The average molecular weight is 287 g/mol. The molecule has 0 aromatic heterocycles. The average Bonchev–Trinajstić information content (AvgIpc) is 2.19. The van der Waals surface area contributed by atoms with Gasteiger partial charge in [0.05, 0.1) is 5.69 Å². The number of hydrogen-bond acceptors (Lipinski definition) is 1. The lowest BCUT2D eigenvalue weighted by Gasteiger charge is -2.11. The van der Waals surface area contributed by atoms with Crippen LogP contribution in [0, 0.1) is 6.92 Å². The van der Waals surface area contributed by atoms with E-state index in [-0.39, 0.29) is 0 Å². The van der Waals surface area contributed by atoms with Crippen molar-refractivity contribution in [2.24, 2.45) is 0 Å². The monoisotopic (exact) mass is 286 g/mol. The number of hydrogen-bond donors (Lipinski definition) is 2. The molecule has 15 heavy (non-hydrogen) atoms. The second kappa shape index (κ2) is 6.08. The molecule has 1 aromatic rings. The standard InChI is InChI=1S/C11H15BrN2S/c1-3-6-13-11(15)14-10-5-4-8(2)7-9(10)12/h4-5,7H,3,6H2,1-2H3,(H2,13,14,15). The maximum absolute atomic E-state index is 5.15. The third-order valence-electron chi connectivity index (χ3n) is 1.91. The number of aryl methyl sites for hydroxylation is 1. The molecule has 0 aliphatic carbocycles. The summed E-state index contributed by atoms with van der Waals surface area (Å²) in [6, 6.07) is 6.12. The van der Waals surface area contributed by atoms with E-state index in [0.717, 1.165) is 23.1 Å². The molecule has 0 aliphatic heterocycles. The summed E-state index contributed by atoms with van der Waals surface area (Å²) in [5.41, 5.74) is 2.22. The van der Waals surface area contributed by atoms with Crippen LogP contribution in [0.4, 0.5) is 5.69 Å². The fraction of sp³-hybridized carbons (Fsp3) is 0.364. The van der Waals surface area contributed by atoms with Gasteiger partial charge in [0.25, 0.3) is 0 Å². The molecule has 2 N–H and O–H groups in total. The van der Waals surface area contributed by atoms with Crippen LogP contribution in [0.1, 0.15) is 18.9 Å². The van der Waals surface area contributed by atoms with Crippen molar-refractivity contribution in [1.82, 2.24) is 5.32 Å². The molecular formula is C11H15BrN2S. The van der Waals surface area contributed by atoms with E-state index in [1.54, 1.807) is 0 Å². The first-order valence-electron chi connectivity index (χ1n) is 4.94. The van der Waals surface area contributed by atoms with Crippen LogP contribution in [0.3, 0.4) is 0 Å². The number of nitrogens with one attached hydrogen (secondary N) is 2. The van der Waals surface area contributed by atoms with E-state index in [0.29, 0.717) is 5.11 Å². The van der Waals surface area contributed by atoms with E-state index < -0.39 is 0 Å². The number of thiocarbonyl (C=S) groups is 1. The van der Waals surface area contributed by atoms with E-state index in [9.17, 15) is 0 Å². The maximum Gasteiger partial charge on any atom is 0.170 e. The van der Waals surface area contributed by atoms with Crippen molar-refractivity contribution in [3.8, 4) is 0 Å². The lowest BCUT2D eigenvalue weighted by molar-refractivity contribution is 0.846. The highest BCUT2D eigenvalue weighted by Crippen LogP contribution is 2.23. The minimum absolute atomic E-state index is 0.668. The second-order valence-corrected chi connectivity index (χ2v) is 4.63. The SMILES string of the molecule is CCCNC(=S)Nc1ccc(C)cc1Br. The quantitative estimate of drug-likeness (QED) is 0.833. The second-order valence-electron chi connectivity index (χ2n) is 3.36. The Balaban J connectivity index is 2.60. The van der Waals surface area contributed by atoms with Gasteiger partial charge in [-0.15, -0.1) is 0 Å². The molecular weight excluding hydrogens is 272 g/mol. The Labute approximate surface area is 105 Å². The predicted octanol–water partition coefficient (Wildman–Crippen LogP) is 3.45. The van der Waals surface area contributed by atoms with Gasteiger partial charge in [-0.05, 0) is 59.2 Å². The Bertz CT molecular complexity index is 352. The van der Waals surface area contributed by atoms with Crippen LogP contribution in [-0.2, 0) is 0 Å². The van der Waals surface area contributed by atoms with Crippen LogP contribution in [-0.4, -0.2) is 11.7 Å². The van der Waals surface area contributed by atoms with Gasteiger partial charge in [-0.2, -0.15) is 0 Å². The molecule has 0 saturated carbocycles. The zero-order chi connectivity index (χ0) is 11.3. The highest BCUT2D eigenvalue weighted by Gasteiger charge is 2.01. The number of halogens is 1. The van der Waals surface area contributed by atoms with Crippen molar-refractivity contribution < 1.29 is 0 Å². The Hall–Kier alpha value is -0.610. The van der Waals surface area contributed by atoms with Crippen molar-refractivity contribution in [2.45, 2.75) is 20.3 Å². The minimum atomic E-state index is 0.668. The zero-order valence-corrected chi connectivity index (χ0v) is 11.3. The van der Waals surface area contributed by atoms with Gasteiger partial charge in [0.1, 0.15) is 0 Å². The van der Waals surface area contributed by atoms with Crippen molar-refractivity contribution in [3.63, 3.8) is 0 Å². The molecule has 1 rings (SSSR count). The molecule has 0 heterocycles. The molecule has 0 unspecified atom stereocenters. The van der Waals surface area contributed by atoms with Gasteiger partial charge in [-0.3, -0.25) is 0 Å². The van der Waals surface area contributed by atoms with E-state index in [1.807, 2.05) is 6.07 Å². The van der Waals surface area contributed by atoms with Gasteiger partial charge in [-0.25, -0.2) is 0 Å². The first-order chi connectivity index (χ1) is 7.13. The van der Waals surface area contributed by atoms with Crippen molar-refractivity contribution in [1.29, 1.82) is 0 Å². The van der Waals surface area contributed by atoms with Gasteiger partial charge in [0, 0.05) is 11.0 Å². The van der Waals surface area contributed by atoms with Crippen molar-refractivity contribution in [3.05, 3.63) is 28.2 Å². The fourth-order valence-corrected chi connectivity index (χ4v) is 1.93. The number of rotatable bonds is 3. The van der Waals surface area contributed by atoms with E-state index in [4.69, 9.17) is 12.2 Å². The molecule has 0 fully saturated rings. The predicted molar refractivity (Wildman–Crippen MR) is 73.4 cm³/mol. The van der Waals surface area contributed by atoms with E-state index in [2.05, 4.69) is 52.5 Å². The first-order valence-corrected chi connectivity index (χ1v) is 6.14. The highest BCUT2D eigenvalue weighted by molar-refractivity contribution is 9.10. The summed E-state index contributed by atoms with van der Waals surface area (Å²) in [5.74, 6) is 0. The van der Waals surface area contributed by atoms with Crippen LogP contribution in [0.2, 0.25) is 0 Å². The molecule has 0 amide bonds. The summed E-state index contributed by atoms with van der Waals surface area (Å²) < 4.78 is 1.03. The molecule has 0 bridgehead atoms. The van der Waals surface area contributed by atoms with Crippen LogP contribution < -0.4 is 10.6 Å². The molecule has 0 radical (unpaired) electrons. The topological polar surface area (TPSA) is 24.1 Å². The molecule has 0 saturated heterocycles. The molecule has 1 aromatic carbocycles. The van der Waals surface area contributed by atoms with E-state index in [1.165, 1.54) is 5.56 Å². The zero-order valence-electron chi connectivity index (χ0n) is 8.93. The Morgan fingerprint density at radius 3 is 2.80 bits per heavy atom. The van der Waals surface area contributed by atoms with Crippen molar-refractivity contribution in [2.75, 3.05) is 11.9 Å². The molecule has 0 aliphatic rings. The summed E-state index contributed by atoms with van der Waals surface area (Å²) in [6.07, 6.45) is 1.07. The van der Waals surface area contributed by atoms with Crippen molar-refractivity contribution >= 4 is 38.9 Å². The number of anilines is 1. The van der Waals surface area contributed by atoms with Gasteiger partial charge < -0.3 is 10.6 Å². The van der Waals surface area contributed by atoms with Gasteiger partial charge >= 0.3 is 0 Å². The summed E-state index contributed by atoms with van der Waals surface area (Å²) >= 11 is 8.64. The Morgan fingerprint density at radius 2 is 2.20 bits per heavy atom. The maximum atomic E-state index is 5.15. The van der Waals surface area contributed by atoms with E-state index >= 15 is 0 Å². The van der Waals surface area contributed by atoms with Crippen LogP contribution in [0.15, 0.2) is 22.7 Å². The summed E-state index contributed by atoms with van der Waals surface area (Å²) in [6.45, 7) is 5.06. The third kappa shape index (κ3) is 4.18. The first kappa shape index (κ1) is 12.5. The van der Waals surface area contributed by atoms with Crippen LogP contribution >= 0.6 is 28.1 Å². The van der Waals surface area contributed by atoms with Gasteiger partial charge in [-0.1, -0.05) is 13.0 Å². The lowest BCUT2D eigenvalue weighted by Crippen LogP contribution is -2.29. The minimum Gasteiger partial charge on any atom is -0.362 e. The third-order valence-corrected chi connectivity index (χ3v) is 2.81. The molecule has 0 spiro atoms. The molecule has 82 valence electrons. The smallest absolute Gasteiger partial charge is 0.170 e. The lowest BCUT2D eigenvalue weighted by atomic mass is 10.2. The largest absolute Gasteiger partial charge is 0.362 e. The summed E-state index contributed by atoms with van der Waals surface area (Å²) in [4.78, 5) is 0. The summed E-state index contributed by atoms with van der Waals surface area (Å²) in [5, 5.41) is 6.94. The normalized spacial score (nSPS) is 9.80. The Morgan fingerprint density at radius 1 is 1.47 bits per heavy atom. The Kier molecular flexibility index (Phi) is 5.05. The van der Waals surface area contributed by atoms with Crippen LogP contribution in [0.5, 0.6) is 0 Å².